The fraction of sp³-hybridized carbons (Fsp3) is 1.00. The SMILES string of the molecule is CCCCCCCC(S)C[SiH](OC)OC. The van der Waals surface area contributed by atoms with E-state index < -0.39 is 9.28 Å². The second-order valence-corrected chi connectivity index (χ2v) is 7.00. The summed E-state index contributed by atoms with van der Waals surface area (Å²) in [7, 11) is 2.09. The third-order valence-electron chi connectivity index (χ3n) is 2.63. The highest BCUT2D eigenvalue weighted by atomic mass is 32.1. The summed E-state index contributed by atoms with van der Waals surface area (Å²) in [5, 5.41) is 0.461. The van der Waals surface area contributed by atoms with Crippen molar-refractivity contribution in [3.05, 3.63) is 0 Å². The van der Waals surface area contributed by atoms with E-state index in [2.05, 4.69) is 19.6 Å². The van der Waals surface area contributed by atoms with Crippen LogP contribution in [0.25, 0.3) is 0 Å². The number of hydrogen-bond donors (Lipinski definition) is 1. The van der Waals surface area contributed by atoms with Crippen LogP contribution in [-0.4, -0.2) is 28.8 Å². The van der Waals surface area contributed by atoms with Gasteiger partial charge >= 0.3 is 9.28 Å². The Morgan fingerprint density at radius 3 is 2.20 bits per heavy atom. The van der Waals surface area contributed by atoms with Gasteiger partial charge in [-0.15, -0.1) is 0 Å². The molecule has 2 nitrogen and oxygen atoms in total. The molecular formula is C11H26O2SSi. The first kappa shape index (κ1) is 15.5. The summed E-state index contributed by atoms with van der Waals surface area (Å²) in [6, 6.07) is 1.02. The minimum atomic E-state index is -1.39. The highest BCUT2D eigenvalue weighted by molar-refractivity contribution is 7.81. The highest BCUT2D eigenvalue weighted by Gasteiger charge is 2.14. The molecule has 0 aromatic heterocycles. The fourth-order valence-electron chi connectivity index (χ4n) is 1.61. The molecule has 0 spiro atoms. The predicted molar refractivity (Wildman–Crippen MR) is 72.1 cm³/mol. The summed E-state index contributed by atoms with van der Waals surface area (Å²) in [5.41, 5.74) is 0. The quantitative estimate of drug-likeness (QED) is 0.365. The first-order valence-electron chi connectivity index (χ1n) is 5.98. The Balaban J connectivity index is 3.35. The molecule has 0 heterocycles. The lowest BCUT2D eigenvalue weighted by Gasteiger charge is -2.15. The molecule has 1 atom stereocenters. The number of thiol groups is 1. The van der Waals surface area contributed by atoms with Crippen molar-refractivity contribution >= 4 is 21.9 Å². The van der Waals surface area contributed by atoms with E-state index in [4.69, 9.17) is 8.85 Å². The minimum Gasteiger partial charge on any atom is -0.400 e. The van der Waals surface area contributed by atoms with Gasteiger partial charge < -0.3 is 8.85 Å². The van der Waals surface area contributed by atoms with Gasteiger partial charge in [-0.3, -0.25) is 0 Å². The Kier molecular flexibility index (Phi) is 11.3. The fourth-order valence-corrected chi connectivity index (χ4v) is 3.57. The molecule has 1 unspecified atom stereocenters. The second-order valence-electron chi connectivity index (χ2n) is 3.99. The molecule has 0 aromatic carbocycles. The topological polar surface area (TPSA) is 18.5 Å². The first-order valence-corrected chi connectivity index (χ1v) is 8.25. The van der Waals surface area contributed by atoms with Crippen molar-refractivity contribution in [2.45, 2.75) is 56.7 Å². The molecule has 0 saturated heterocycles. The average molecular weight is 250 g/mol. The molecule has 4 heteroatoms. The number of hydrogen-bond acceptors (Lipinski definition) is 3. The molecule has 0 aliphatic rings. The van der Waals surface area contributed by atoms with Crippen molar-refractivity contribution in [3.63, 3.8) is 0 Å². The van der Waals surface area contributed by atoms with Crippen LogP contribution >= 0.6 is 12.6 Å². The van der Waals surface area contributed by atoms with Gasteiger partial charge in [-0.2, -0.15) is 12.6 Å². The molecule has 0 fully saturated rings. The number of rotatable bonds is 10. The summed E-state index contributed by atoms with van der Waals surface area (Å²) in [5.74, 6) is 0. The summed E-state index contributed by atoms with van der Waals surface area (Å²) >= 11 is 4.58. The van der Waals surface area contributed by atoms with Crippen LogP contribution in [0, 0.1) is 0 Å². The lowest BCUT2D eigenvalue weighted by atomic mass is 10.1. The van der Waals surface area contributed by atoms with Crippen LogP contribution < -0.4 is 0 Å². The van der Waals surface area contributed by atoms with Crippen molar-refractivity contribution in [3.8, 4) is 0 Å². The van der Waals surface area contributed by atoms with E-state index in [0.29, 0.717) is 5.25 Å². The summed E-state index contributed by atoms with van der Waals surface area (Å²) in [6.45, 7) is 2.24. The zero-order valence-corrected chi connectivity index (χ0v) is 12.4. The van der Waals surface area contributed by atoms with E-state index in [1.54, 1.807) is 14.2 Å². The molecule has 92 valence electrons. The van der Waals surface area contributed by atoms with Crippen LogP contribution in [0.15, 0.2) is 0 Å². The van der Waals surface area contributed by atoms with Gasteiger partial charge in [0.05, 0.1) is 0 Å². The van der Waals surface area contributed by atoms with Gasteiger partial charge in [-0.25, -0.2) is 0 Å². The van der Waals surface area contributed by atoms with E-state index in [1.807, 2.05) is 0 Å². The van der Waals surface area contributed by atoms with Crippen LogP contribution in [0.4, 0.5) is 0 Å². The van der Waals surface area contributed by atoms with Gasteiger partial charge in [0.15, 0.2) is 0 Å². The Hall–Kier alpha value is 0.487. The maximum Gasteiger partial charge on any atom is 0.321 e. The van der Waals surface area contributed by atoms with E-state index >= 15 is 0 Å². The van der Waals surface area contributed by atoms with E-state index in [1.165, 1.54) is 38.5 Å². The Bertz CT molecular complexity index is 132. The summed E-state index contributed by atoms with van der Waals surface area (Å²) in [6.07, 6.45) is 7.88. The van der Waals surface area contributed by atoms with Crippen molar-refractivity contribution in [2.75, 3.05) is 14.2 Å². The molecule has 0 rings (SSSR count). The van der Waals surface area contributed by atoms with Crippen molar-refractivity contribution in [1.29, 1.82) is 0 Å². The molecule has 15 heavy (non-hydrogen) atoms. The van der Waals surface area contributed by atoms with Crippen LogP contribution in [0.2, 0.25) is 6.04 Å². The average Bonchev–Trinajstić information content (AvgIpc) is 2.25. The molecule has 0 bridgehead atoms. The highest BCUT2D eigenvalue weighted by Crippen LogP contribution is 2.16. The monoisotopic (exact) mass is 250 g/mol. The molecule has 0 N–H and O–H groups in total. The second kappa shape index (κ2) is 11.0. The predicted octanol–water partition coefficient (Wildman–Crippen LogP) is 3.16. The maximum absolute atomic E-state index is 5.28. The van der Waals surface area contributed by atoms with Gasteiger partial charge in [-0.1, -0.05) is 39.0 Å². The smallest absolute Gasteiger partial charge is 0.321 e. The van der Waals surface area contributed by atoms with E-state index in [0.717, 1.165) is 6.04 Å². The van der Waals surface area contributed by atoms with Gasteiger partial charge in [0.2, 0.25) is 0 Å². The maximum atomic E-state index is 5.28. The van der Waals surface area contributed by atoms with Crippen molar-refractivity contribution < 1.29 is 8.85 Å². The van der Waals surface area contributed by atoms with Crippen molar-refractivity contribution in [1.82, 2.24) is 0 Å². The zero-order chi connectivity index (χ0) is 11.5. The van der Waals surface area contributed by atoms with E-state index in [-0.39, 0.29) is 0 Å². The first-order chi connectivity index (χ1) is 7.24. The third-order valence-corrected chi connectivity index (χ3v) is 5.50. The lowest BCUT2D eigenvalue weighted by Crippen LogP contribution is -2.23. The standard InChI is InChI=1S/C11H26O2SSi/c1-4-5-6-7-8-9-11(14)10-15(12-2)13-3/h11,14-15H,4-10H2,1-3H3. The van der Waals surface area contributed by atoms with Gasteiger partial charge in [-0.05, 0) is 12.5 Å². The van der Waals surface area contributed by atoms with Crippen LogP contribution in [0.5, 0.6) is 0 Å². The third kappa shape index (κ3) is 9.42. The van der Waals surface area contributed by atoms with E-state index in [9.17, 15) is 0 Å². The number of unbranched alkanes of at least 4 members (excludes halogenated alkanes) is 4. The molecule has 0 amide bonds. The van der Waals surface area contributed by atoms with Crippen molar-refractivity contribution in [2.24, 2.45) is 0 Å². The normalized spacial score (nSPS) is 13.4. The largest absolute Gasteiger partial charge is 0.400 e. The lowest BCUT2D eigenvalue weighted by molar-refractivity contribution is 0.276. The minimum absolute atomic E-state index is 0.461. The Labute approximate surface area is 102 Å². The Morgan fingerprint density at radius 2 is 1.67 bits per heavy atom. The Morgan fingerprint density at radius 1 is 1.07 bits per heavy atom. The molecule has 0 saturated carbocycles. The van der Waals surface area contributed by atoms with Gasteiger partial charge in [0, 0.05) is 19.5 Å². The molecular weight excluding hydrogens is 224 g/mol. The summed E-state index contributed by atoms with van der Waals surface area (Å²) < 4.78 is 10.6. The van der Waals surface area contributed by atoms with Gasteiger partial charge in [0.25, 0.3) is 0 Å². The zero-order valence-electron chi connectivity index (χ0n) is 10.4. The summed E-state index contributed by atoms with van der Waals surface area (Å²) in [4.78, 5) is 0. The molecule has 0 radical (unpaired) electrons. The molecule has 0 aliphatic carbocycles. The van der Waals surface area contributed by atoms with Crippen LogP contribution in [-0.2, 0) is 8.85 Å². The molecule has 0 aromatic rings. The van der Waals surface area contributed by atoms with Gasteiger partial charge in [0.1, 0.15) is 0 Å². The van der Waals surface area contributed by atoms with Crippen LogP contribution in [0.3, 0.4) is 0 Å². The molecule has 0 aliphatic heterocycles. The van der Waals surface area contributed by atoms with Crippen LogP contribution in [0.1, 0.15) is 45.4 Å².